The van der Waals surface area contributed by atoms with Crippen LogP contribution in [-0.4, -0.2) is 54.6 Å². The molecule has 2 heterocycles. The van der Waals surface area contributed by atoms with Gasteiger partial charge >= 0.3 is 13.2 Å². The number of ether oxygens (including phenoxy) is 2. The van der Waals surface area contributed by atoms with Gasteiger partial charge in [-0.25, -0.2) is 9.18 Å². The molecule has 0 spiro atoms. The minimum Gasteiger partial charge on any atom is -0.490 e. The molecule has 29 heavy (non-hydrogen) atoms. The number of hydrogen-bond acceptors (Lipinski definition) is 5. The van der Waals surface area contributed by atoms with Gasteiger partial charge in [-0.15, -0.1) is 0 Å². The highest BCUT2D eigenvalue weighted by molar-refractivity contribution is 6.62. The van der Waals surface area contributed by atoms with Gasteiger partial charge < -0.3 is 23.7 Å². The van der Waals surface area contributed by atoms with E-state index in [1.165, 1.54) is 6.07 Å². The molecular formula is C21H31BFNO5. The van der Waals surface area contributed by atoms with Gasteiger partial charge in [-0.1, -0.05) is 6.07 Å². The Morgan fingerprint density at radius 2 is 1.79 bits per heavy atom. The first kappa shape index (κ1) is 21.9. The summed E-state index contributed by atoms with van der Waals surface area (Å²) < 4.78 is 37.4. The van der Waals surface area contributed by atoms with Gasteiger partial charge in [0.2, 0.25) is 0 Å². The van der Waals surface area contributed by atoms with Crippen molar-refractivity contribution in [2.75, 3.05) is 19.7 Å². The molecule has 2 fully saturated rings. The van der Waals surface area contributed by atoms with Crippen molar-refractivity contribution in [2.24, 2.45) is 5.92 Å². The number of nitrogens with zero attached hydrogens (tertiary/aromatic N) is 1. The molecule has 0 bridgehead atoms. The lowest BCUT2D eigenvalue weighted by Crippen LogP contribution is -2.53. The Labute approximate surface area is 172 Å². The normalized spacial score (nSPS) is 21.1. The third-order valence-electron chi connectivity index (χ3n) is 5.56. The Hall–Kier alpha value is -1.80. The maximum atomic E-state index is 14.5. The number of halogens is 1. The lowest BCUT2D eigenvalue weighted by Gasteiger charge is -2.39. The third-order valence-corrected chi connectivity index (χ3v) is 5.56. The molecule has 0 saturated carbocycles. The molecule has 0 N–H and O–H groups in total. The summed E-state index contributed by atoms with van der Waals surface area (Å²) in [5, 5.41) is 0. The predicted molar refractivity (Wildman–Crippen MR) is 109 cm³/mol. The van der Waals surface area contributed by atoms with Crippen LogP contribution in [0.2, 0.25) is 0 Å². The molecule has 1 amide bonds. The van der Waals surface area contributed by atoms with Gasteiger partial charge in [0.25, 0.3) is 0 Å². The SMILES string of the molecule is CC(C)(C)OC(=O)N1CC(COc2ccc(B3OC(C)(C)C(C)(C)O3)cc2F)C1. The first-order valence-electron chi connectivity index (χ1n) is 10.0. The van der Waals surface area contributed by atoms with E-state index in [9.17, 15) is 9.18 Å². The molecular weight excluding hydrogens is 376 g/mol. The van der Waals surface area contributed by atoms with Gasteiger partial charge in [0.05, 0.1) is 17.8 Å². The first-order chi connectivity index (χ1) is 13.3. The Morgan fingerprint density at radius 3 is 2.31 bits per heavy atom. The zero-order valence-electron chi connectivity index (χ0n) is 18.4. The number of rotatable bonds is 4. The molecule has 2 aliphatic heterocycles. The second kappa shape index (κ2) is 7.47. The molecule has 0 aliphatic carbocycles. The molecule has 2 saturated heterocycles. The average Bonchev–Trinajstić information content (AvgIpc) is 2.73. The standard InChI is InChI=1S/C21H31BFNO5/c1-19(2,3)27-18(25)24-11-14(12-24)13-26-17-9-8-15(10-16(17)23)22-28-20(4,5)21(6,7)29-22/h8-10,14H,11-13H2,1-7H3. The second-order valence-electron chi connectivity index (χ2n) is 9.84. The highest BCUT2D eigenvalue weighted by atomic mass is 19.1. The van der Waals surface area contributed by atoms with E-state index < -0.39 is 29.7 Å². The zero-order chi connectivity index (χ0) is 21.6. The Balaban J connectivity index is 1.51. The Bertz CT molecular complexity index is 755. The maximum absolute atomic E-state index is 14.5. The molecule has 2 aliphatic rings. The Morgan fingerprint density at radius 1 is 1.21 bits per heavy atom. The van der Waals surface area contributed by atoms with E-state index in [-0.39, 0.29) is 17.8 Å². The van der Waals surface area contributed by atoms with Crippen LogP contribution in [0.5, 0.6) is 5.75 Å². The summed E-state index contributed by atoms with van der Waals surface area (Å²) in [5.74, 6) is -0.119. The topological polar surface area (TPSA) is 57.2 Å². The lowest BCUT2D eigenvalue weighted by molar-refractivity contribution is -0.00804. The van der Waals surface area contributed by atoms with Crippen LogP contribution in [0.3, 0.4) is 0 Å². The summed E-state index contributed by atoms with van der Waals surface area (Å²) in [5.41, 5.74) is -0.852. The van der Waals surface area contributed by atoms with E-state index in [0.29, 0.717) is 25.2 Å². The molecule has 0 radical (unpaired) electrons. The fraction of sp³-hybridized carbons (Fsp3) is 0.667. The van der Waals surface area contributed by atoms with E-state index in [4.69, 9.17) is 18.8 Å². The summed E-state index contributed by atoms with van der Waals surface area (Å²) in [7, 11) is -0.613. The largest absolute Gasteiger partial charge is 0.494 e. The number of amides is 1. The number of benzene rings is 1. The van der Waals surface area contributed by atoms with Gasteiger partial charge in [-0.05, 0) is 66.1 Å². The van der Waals surface area contributed by atoms with E-state index >= 15 is 0 Å². The van der Waals surface area contributed by atoms with Crippen molar-refractivity contribution in [1.82, 2.24) is 4.90 Å². The predicted octanol–water partition coefficient (Wildman–Crippen LogP) is 3.37. The summed E-state index contributed by atoms with van der Waals surface area (Å²) in [6.45, 7) is 14.8. The van der Waals surface area contributed by atoms with Crippen molar-refractivity contribution < 1.29 is 28.0 Å². The van der Waals surface area contributed by atoms with Crippen LogP contribution in [0.1, 0.15) is 48.5 Å². The van der Waals surface area contributed by atoms with Crippen LogP contribution in [-0.2, 0) is 14.0 Å². The quantitative estimate of drug-likeness (QED) is 0.717. The fourth-order valence-corrected chi connectivity index (χ4v) is 3.12. The van der Waals surface area contributed by atoms with Crippen molar-refractivity contribution in [3.8, 4) is 5.75 Å². The molecule has 160 valence electrons. The second-order valence-corrected chi connectivity index (χ2v) is 9.84. The van der Waals surface area contributed by atoms with Crippen LogP contribution in [0.15, 0.2) is 18.2 Å². The molecule has 0 unspecified atom stereocenters. The van der Waals surface area contributed by atoms with E-state index in [1.807, 2.05) is 48.5 Å². The van der Waals surface area contributed by atoms with Crippen LogP contribution < -0.4 is 10.2 Å². The maximum Gasteiger partial charge on any atom is 0.494 e. The lowest BCUT2D eigenvalue weighted by atomic mass is 9.79. The van der Waals surface area contributed by atoms with Gasteiger partial charge in [0.1, 0.15) is 5.60 Å². The Kier molecular flexibility index (Phi) is 5.64. The van der Waals surface area contributed by atoms with Crippen LogP contribution >= 0.6 is 0 Å². The number of carbonyl (C=O) groups is 1. The summed E-state index contributed by atoms with van der Waals surface area (Å²) >= 11 is 0. The summed E-state index contributed by atoms with van der Waals surface area (Å²) in [6.07, 6.45) is -0.327. The average molecular weight is 407 g/mol. The van der Waals surface area contributed by atoms with E-state index in [0.717, 1.165) is 0 Å². The van der Waals surface area contributed by atoms with Crippen molar-refractivity contribution >= 4 is 18.7 Å². The monoisotopic (exact) mass is 407 g/mol. The minimum absolute atomic E-state index is 0.157. The third kappa shape index (κ3) is 4.86. The molecule has 0 aromatic heterocycles. The highest BCUT2D eigenvalue weighted by Gasteiger charge is 2.51. The van der Waals surface area contributed by atoms with Crippen LogP contribution in [0, 0.1) is 11.7 Å². The minimum atomic E-state index is -0.613. The van der Waals surface area contributed by atoms with Crippen molar-refractivity contribution in [3.05, 3.63) is 24.0 Å². The van der Waals surface area contributed by atoms with Gasteiger partial charge in [0.15, 0.2) is 11.6 Å². The molecule has 1 aromatic carbocycles. The van der Waals surface area contributed by atoms with Gasteiger partial charge in [-0.2, -0.15) is 0 Å². The van der Waals surface area contributed by atoms with Crippen LogP contribution in [0.25, 0.3) is 0 Å². The summed E-state index contributed by atoms with van der Waals surface area (Å²) in [6, 6.07) is 4.75. The smallest absolute Gasteiger partial charge is 0.490 e. The molecule has 0 atom stereocenters. The van der Waals surface area contributed by atoms with Crippen molar-refractivity contribution in [2.45, 2.75) is 65.3 Å². The molecule has 8 heteroatoms. The molecule has 3 rings (SSSR count). The van der Waals surface area contributed by atoms with Gasteiger partial charge in [0, 0.05) is 19.0 Å². The van der Waals surface area contributed by atoms with Crippen LogP contribution in [0.4, 0.5) is 9.18 Å². The molecule has 6 nitrogen and oxygen atoms in total. The van der Waals surface area contributed by atoms with E-state index in [1.54, 1.807) is 17.0 Å². The van der Waals surface area contributed by atoms with Gasteiger partial charge in [-0.3, -0.25) is 0 Å². The van der Waals surface area contributed by atoms with Crippen molar-refractivity contribution in [1.29, 1.82) is 0 Å². The molecule has 1 aromatic rings. The van der Waals surface area contributed by atoms with E-state index in [2.05, 4.69) is 0 Å². The number of hydrogen-bond donors (Lipinski definition) is 0. The number of likely N-dealkylation sites (tertiary alicyclic amines) is 1. The zero-order valence-corrected chi connectivity index (χ0v) is 18.4. The highest BCUT2D eigenvalue weighted by Crippen LogP contribution is 2.36. The fourth-order valence-electron chi connectivity index (χ4n) is 3.12. The first-order valence-corrected chi connectivity index (χ1v) is 10.0. The number of carbonyl (C=O) groups excluding carboxylic acids is 1. The van der Waals surface area contributed by atoms with Crippen molar-refractivity contribution in [3.63, 3.8) is 0 Å². The summed E-state index contributed by atoms with van der Waals surface area (Å²) in [4.78, 5) is 13.6.